The van der Waals surface area contributed by atoms with Gasteiger partial charge in [0.25, 0.3) is 0 Å². The van der Waals surface area contributed by atoms with E-state index in [9.17, 15) is 9.90 Å². The molecule has 0 spiro atoms. The van der Waals surface area contributed by atoms with Crippen molar-refractivity contribution in [2.75, 3.05) is 19.6 Å². The van der Waals surface area contributed by atoms with Gasteiger partial charge >= 0.3 is 5.76 Å². The second-order valence-corrected chi connectivity index (χ2v) is 8.67. The Morgan fingerprint density at radius 3 is 2.57 bits per heavy atom. The van der Waals surface area contributed by atoms with Crippen molar-refractivity contribution in [3.05, 3.63) is 70.2 Å². The highest BCUT2D eigenvalue weighted by Crippen LogP contribution is 2.45. The normalized spacial score (nSPS) is 27.5. The molecule has 2 N–H and O–H groups in total. The molecular formula is C23H26N2O3. The molecule has 0 amide bonds. The van der Waals surface area contributed by atoms with Crippen LogP contribution in [0.15, 0.2) is 57.7 Å². The number of aromatic amines is 1. The largest absolute Gasteiger partial charge is 0.417 e. The molecule has 0 bridgehead atoms. The Balaban J connectivity index is 1.17. The van der Waals surface area contributed by atoms with Crippen LogP contribution in [0.5, 0.6) is 0 Å². The third kappa shape index (κ3) is 3.52. The summed E-state index contributed by atoms with van der Waals surface area (Å²) in [6.07, 6.45) is 3.52. The van der Waals surface area contributed by atoms with Crippen molar-refractivity contribution in [1.82, 2.24) is 9.88 Å². The number of nitrogens with one attached hydrogen (secondary N) is 1. The van der Waals surface area contributed by atoms with E-state index >= 15 is 0 Å². The highest BCUT2D eigenvalue weighted by Gasteiger charge is 2.47. The van der Waals surface area contributed by atoms with Crippen LogP contribution in [0.3, 0.4) is 0 Å². The summed E-state index contributed by atoms with van der Waals surface area (Å²) in [6, 6.07) is 16.3. The van der Waals surface area contributed by atoms with Gasteiger partial charge in [-0.05, 0) is 54.4 Å². The first-order valence-corrected chi connectivity index (χ1v) is 10.2. The smallest absolute Gasteiger partial charge is 0.408 e. The van der Waals surface area contributed by atoms with Crippen LogP contribution in [0, 0.1) is 11.8 Å². The molecule has 1 aliphatic carbocycles. The first-order valence-electron chi connectivity index (χ1n) is 10.2. The Morgan fingerprint density at radius 2 is 1.82 bits per heavy atom. The lowest BCUT2D eigenvalue weighted by Gasteiger charge is -2.26. The molecule has 28 heavy (non-hydrogen) atoms. The minimum absolute atomic E-state index is 0.400. The van der Waals surface area contributed by atoms with Crippen LogP contribution in [0.2, 0.25) is 0 Å². The van der Waals surface area contributed by atoms with Crippen LogP contribution in [-0.2, 0) is 12.8 Å². The van der Waals surface area contributed by atoms with E-state index in [1.54, 1.807) is 0 Å². The van der Waals surface area contributed by atoms with Gasteiger partial charge in [-0.1, -0.05) is 36.4 Å². The summed E-state index contributed by atoms with van der Waals surface area (Å²) in [5, 5.41) is 11.1. The zero-order valence-corrected chi connectivity index (χ0v) is 15.9. The molecule has 2 fully saturated rings. The maximum absolute atomic E-state index is 11.3. The fourth-order valence-corrected chi connectivity index (χ4v) is 5.29. The molecule has 1 saturated carbocycles. The number of aromatic nitrogens is 1. The summed E-state index contributed by atoms with van der Waals surface area (Å²) < 4.78 is 5.16. The predicted octanol–water partition coefficient (Wildman–Crippen LogP) is 2.98. The molecule has 2 aromatic carbocycles. The zero-order chi connectivity index (χ0) is 19.1. The summed E-state index contributed by atoms with van der Waals surface area (Å²) in [4.78, 5) is 16.5. The number of benzene rings is 2. The lowest BCUT2D eigenvalue weighted by molar-refractivity contribution is 0.0355. The molecule has 5 nitrogen and oxygen atoms in total. The Kier molecular flexibility index (Phi) is 4.37. The number of fused-ring (bicyclic) bond motifs is 2. The van der Waals surface area contributed by atoms with E-state index in [-0.39, 0.29) is 0 Å². The molecule has 0 radical (unpaired) electrons. The summed E-state index contributed by atoms with van der Waals surface area (Å²) in [5.41, 5.74) is 3.26. The van der Waals surface area contributed by atoms with Gasteiger partial charge in [0, 0.05) is 26.1 Å². The zero-order valence-electron chi connectivity index (χ0n) is 15.9. The number of hydrogen-bond donors (Lipinski definition) is 2. The van der Waals surface area contributed by atoms with Gasteiger partial charge in [0.05, 0.1) is 11.1 Å². The lowest BCUT2D eigenvalue weighted by Crippen LogP contribution is -2.32. The molecule has 2 heterocycles. The summed E-state index contributed by atoms with van der Waals surface area (Å²) in [5.74, 6) is 0.792. The number of nitrogens with zero attached hydrogens (tertiary/aromatic N) is 1. The van der Waals surface area contributed by atoms with E-state index in [1.165, 1.54) is 11.1 Å². The van der Waals surface area contributed by atoms with E-state index in [0.29, 0.717) is 17.4 Å². The summed E-state index contributed by atoms with van der Waals surface area (Å²) >= 11 is 0. The molecule has 1 aromatic heterocycles. The molecule has 5 heteroatoms. The Labute approximate surface area is 164 Å². The second kappa shape index (κ2) is 6.90. The van der Waals surface area contributed by atoms with Gasteiger partial charge < -0.3 is 14.4 Å². The SMILES string of the molecule is O=c1[nH]c2ccc(CCN3C[C@@H]4CC(O)(Cc5ccccc5)C[C@@H]4C3)cc2o1. The van der Waals surface area contributed by atoms with Crippen molar-refractivity contribution in [2.24, 2.45) is 11.8 Å². The minimum Gasteiger partial charge on any atom is -0.408 e. The van der Waals surface area contributed by atoms with Crippen molar-refractivity contribution in [1.29, 1.82) is 0 Å². The number of H-pyrrole nitrogens is 1. The van der Waals surface area contributed by atoms with E-state index in [2.05, 4.69) is 28.1 Å². The average Bonchev–Trinajstić information content (AvgIpc) is 3.30. The minimum atomic E-state index is -0.542. The van der Waals surface area contributed by atoms with Crippen molar-refractivity contribution < 1.29 is 9.52 Å². The number of hydrogen-bond acceptors (Lipinski definition) is 4. The second-order valence-electron chi connectivity index (χ2n) is 8.67. The Morgan fingerprint density at radius 1 is 1.07 bits per heavy atom. The van der Waals surface area contributed by atoms with Crippen LogP contribution in [0.25, 0.3) is 11.1 Å². The third-order valence-corrected chi connectivity index (χ3v) is 6.51. The molecule has 3 atom stereocenters. The molecule has 1 unspecified atom stereocenters. The van der Waals surface area contributed by atoms with Crippen LogP contribution >= 0.6 is 0 Å². The lowest BCUT2D eigenvalue weighted by atomic mass is 9.91. The van der Waals surface area contributed by atoms with Gasteiger partial charge in [-0.15, -0.1) is 0 Å². The standard InChI is InChI=1S/C23H26N2O3/c26-22-24-20-7-6-16(10-21(20)28-22)8-9-25-14-18-12-23(27,13-19(18)15-25)11-17-4-2-1-3-5-17/h1-7,10,18-19,27H,8-9,11-15H2,(H,24,26)/t18-,19+,23?. The van der Waals surface area contributed by atoms with Crippen molar-refractivity contribution in [3.8, 4) is 0 Å². The number of likely N-dealkylation sites (tertiary alicyclic amines) is 1. The molecule has 5 rings (SSSR count). The maximum Gasteiger partial charge on any atom is 0.417 e. The predicted molar refractivity (Wildman–Crippen MR) is 108 cm³/mol. The number of aliphatic hydroxyl groups is 1. The third-order valence-electron chi connectivity index (χ3n) is 6.51. The fourth-order valence-electron chi connectivity index (χ4n) is 5.29. The van der Waals surface area contributed by atoms with Gasteiger partial charge in [-0.3, -0.25) is 4.98 Å². The van der Waals surface area contributed by atoms with Crippen molar-refractivity contribution in [2.45, 2.75) is 31.3 Å². The summed E-state index contributed by atoms with van der Waals surface area (Å²) in [6.45, 7) is 3.15. The monoisotopic (exact) mass is 378 g/mol. The van der Waals surface area contributed by atoms with Crippen LogP contribution < -0.4 is 5.76 Å². The highest BCUT2D eigenvalue weighted by atomic mass is 16.4. The molecule has 3 aromatic rings. The number of rotatable bonds is 5. The molecule has 1 aliphatic heterocycles. The van der Waals surface area contributed by atoms with Gasteiger partial charge in [0.15, 0.2) is 5.58 Å². The molecule has 2 aliphatic rings. The Hall–Kier alpha value is -2.37. The van der Waals surface area contributed by atoms with E-state index in [4.69, 9.17) is 4.42 Å². The maximum atomic E-state index is 11.3. The van der Waals surface area contributed by atoms with Gasteiger partial charge in [0.1, 0.15) is 0 Å². The van der Waals surface area contributed by atoms with Gasteiger partial charge in [-0.2, -0.15) is 0 Å². The van der Waals surface area contributed by atoms with E-state index < -0.39 is 11.4 Å². The summed E-state index contributed by atoms with van der Waals surface area (Å²) in [7, 11) is 0. The molecule has 1 saturated heterocycles. The van der Waals surface area contributed by atoms with E-state index in [0.717, 1.165) is 50.8 Å². The van der Waals surface area contributed by atoms with Gasteiger partial charge in [-0.25, -0.2) is 4.79 Å². The van der Waals surface area contributed by atoms with Crippen molar-refractivity contribution in [3.63, 3.8) is 0 Å². The average molecular weight is 378 g/mol. The van der Waals surface area contributed by atoms with Crippen LogP contribution in [-0.4, -0.2) is 40.2 Å². The topological polar surface area (TPSA) is 69.5 Å². The van der Waals surface area contributed by atoms with Crippen LogP contribution in [0.1, 0.15) is 24.0 Å². The molecular weight excluding hydrogens is 352 g/mol. The van der Waals surface area contributed by atoms with Gasteiger partial charge in [0.2, 0.25) is 0 Å². The highest BCUT2D eigenvalue weighted by molar-refractivity contribution is 5.72. The van der Waals surface area contributed by atoms with E-state index in [1.807, 2.05) is 30.3 Å². The fraction of sp³-hybridized carbons (Fsp3) is 0.435. The first kappa shape index (κ1) is 17.7. The first-order chi connectivity index (χ1) is 13.6. The Bertz CT molecular complexity index is 1010. The number of oxazole rings is 1. The van der Waals surface area contributed by atoms with Crippen molar-refractivity contribution >= 4 is 11.1 Å². The quantitative estimate of drug-likeness (QED) is 0.716. The molecule has 146 valence electrons. The van der Waals surface area contributed by atoms with Crippen LogP contribution in [0.4, 0.5) is 0 Å².